The number of Topliss-reactive ketones (excluding diaryl/α,β-unsaturated/α-hetero) is 1. The molecule has 22 heavy (non-hydrogen) atoms. The first kappa shape index (κ1) is 15.2. The first-order valence-corrected chi connectivity index (χ1v) is 8.32. The summed E-state index contributed by atoms with van der Waals surface area (Å²) in [4.78, 5) is 28.2. The SMILES string of the molecule is CC[NH+](Cc1ccc(Cl)s1)CN1C(=O)C(=O)c2ccccc21. The van der Waals surface area contributed by atoms with E-state index in [0.717, 1.165) is 17.4 Å². The molecule has 0 radical (unpaired) electrons. The van der Waals surface area contributed by atoms with Gasteiger partial charge in [0.25, 0.3) is 5.78 Å². The molecule has 114 valence electrons. The third-order valence-corrected chi connectivity index (χ3v) is 5.04. The Morgan fingerprint density at radius 3 is 2.64 bits per heavy atom. The van der Waals surface area contributed by atoms with Gasteiger partial charge in [-0.25, -0.2) is 0 Å². The number of halogens is 1. The number of carbonyl (C=O) groups is 2. The maximum Gasteiger partial charge on any atom is 0.303 e. The number of benzene rings is 1. The molecule has 6 heteroatoms. The van der Waals surface area contributed by atoms with Crippen molar-refractivity contribution in [1.29, 1.82) is 0 Å². The quantitative estimate of drug-likeness (QED) is 0.849. The standard InChI is InChI=1S/C16H15ClN2O2S/c1-2-18(9-11-7-8-14(17)22-11)10-19-13-6-4-3-5-12(13)15(20)16(19)21/h3-8H,2,9-10H2,1H3/p+1. The summed E-state index contributed by atoms with van der Waals surface area (Å²) in [6.45, 7) is 4.19. The summed E-state index contributed by atoms with van der Waals surface area (Å²) in [7, 11) is 0. The zero-order chi connectivity index (χ0) is 15.7. The van der Waals surface area contributed by atoms with E-state index in [1.54, 1.807) is 28.4 Å². The molecule has 0 bridgehead atoms. The second-order valence-corrected chi connectivity index (χ2v) is 7.02. The smallest absolute Gasteiger partial charge is 0.303 e. The molecule has 1 aliphatic rings. The zero-order valence-electron chi connectivity index (χ0n) is 12.1. The minimum Gasteiger partial charge on any atom is -0.313 e. The minimum atomic E-state index is -0.434. The van der Waals surface area contributed by atoms with Crippen molar-refractivity contribution >= 4 is 40.3 Å². The predicted octanol–water partition coefficient (Wildman–Crippen LogP) is 1.99. The van der Waals surface area contributed by atoms with Crippen LogP contribution in [0.1, 0.15) is 22.2 Å². The van der Waals surface area contributed by atoms with Crippen LogP contribution < -0.4 is 9.80 Å². The molecule has 0 saturated carbocycles. The second kappa shape index (κ2) is 6.20. The van der Waals surface area contributed by atoms with Gasteiger partial charge >= 0.3 is 5.91 Å². The van der Waals surface area contributed by atoms with Crippen LogP contribution in [0.15, 0.2) is 36.4 Å². The molecule has 2 aromatic rings. The van der Waals surface area contributed by atoms with Crippen molar-refractivity contribution in [2.75, 3.05) is 18.1 Å². The van der Waals surface area contributed by atoms with Gasteiger partial charge in [-0.3, -0.25) is 14.5 Å². The van der Waals surface area contributed by atoms with Crippen LogP contribution in [0, 0.1) is 0 Å². The second-order valence-electron chi connectivity index (χ2n) is 5.22. The molecule has 1 aliphatic heterocycles. The van der Waals surface area contributed by atoms with Crippen LogP contribution in [-0.4, -0.2) is 24.9 Å². The number of thiophene rings is 1. The number of nitrogens with one attached hydrogen (secondary N) is 1. The van der Waals surface area contributed by atoms with Crippen LogP contribution in [0.25, 0.3) is 0 Å². The summed E-state index contributed by atoms with van der Waals surface area (Å²) in [6, 6.07) is 11.1. The molecule has 2 heterocycles. The van der Waals surface area contributed by atoms with Crippen LogP contribution in [0.5, 0.6) is 0 Å². The lowest BCUT2D eigenvalue weighted by atomic mass is 10.1. The fourth-order valence-corrected chi connectivity index (χ4v) is 3.77. The minimum absolute atomic E-state index is 0.412. The Hall–Kier alpha value is -1.69. The highest BCUT2D eigenvalue weighted by Crippen LogP contribution is 2.27. The van der Waals surface area contributed by atoms with Gasteiger partial charge in [0, 0.05) is 0 Å². The summed E-state index contributed by atoms with van der Waals surface area (Å²) in [5, 5.41) is 0. The molecule has 3 rings (SSSR count). The van der Waals surface area contributed by atoms with Gasteiger partial charge in [0.2, 0.25) is 0 Å². The largest absolute Gasteiger partial charge is 0.313 e. The number of rotatable bonds is 5. The monoisotopic (exact) mass is 335 g/mol. The Balaban J connectivity index is 1.79. The third kappa shape index (κ3) is 2.79. The Bertz CT molecular complexity index is 728. The van der Waals surface area contributed by atoms with Gasteiger partial charge in [-0.15, -0.1) is 11.3 Å². The lowest BCUT2D eigenvalue weighted by molar-refractivity contribution is -0.910. The number of carbonyl (C=O) groups excluding carboxylic acids is 2. The number of anilines is 1. The third-order valence-electron chi connectivity index (χ3n) is 3.81. The molecule has 1 amide bonds. The first-order valence-electron chi connectivity index (χ1n) is 7.13. The van der Waals surface area contributed by atoms with E-state index in [-0.39, 0.29) is 0 Å². The number of hydrogen-bond acceptors (Lipinski definition) is 3. The summed E-state index contributed by atoms with van der Waals surface area (Å²) >= 11 is 7.52. The van der Waals surface area contributed by atoms with Crippen molar-refractivity contribution in [3.63, 3.8) is 0 Å². The molecule has 4 nitrogen and oxygen atoms in total. The number of amides is 1. The molecule has 1 unspecified atom stereocenters. The van der Waals surface area contributed by atoms with Crippen LogP contribution in [0.3, 0.4) is 0 Å². The van der Waals surface area contributed by atoms with Gasteiger partial charge in [-0.05, 0) is 31.2 Å². The lowest BCUT2D eigenvalue weighted by Crippen LogP contribution is -3.12. The summed E-state index contributed by atoms with van der Waals surface area (Å²) < 4.78 is 0.767. The average Bonchev–Trinajstić information content (AvgIpc) is 3.04. The van der Waals surface area contributed by atoms with E-state index in [1.807, 2.05) is 24.3 Å². The van der Waals surface area contributed by atoms with E-state index in [4.69, 9.17) is 11.6 Å². The van der Waals surface area contributed by atoms with Crippen molar-refractivity contribution in [2.24, 2.45) is 0 Å². The molecule has 0 aliphatic carbocycles. The van der Waals surface area contributed by atoms with E-state index in [0.29, 0.717) is 17.9 Å². The Morgan fingerprint density at radius 2 is 1.95 bits per heavy atom. The summed E-state index contributed by atoms with van der Waals surface area (Å²) in [5.74, 6) is -0.846. The fraction of sp³-hybridized carbons (Fsp3) is 0.250. The van der Waals surface area contributed by atoms with Crippen LogP contribution in [0.2, 0.25) is 4.34 Å². The van der Waals surface area contributed by atoms with E-state index < -0.39 is 11.7 Å². The van der Waals surface area contributed by atoms with Crippen LogP contribution in [-0.2, 0) is 11.3 Å². The summed E-state index contributed by atoms with van der Waals surface area (Å²) in [5.41, 5.74) is 1.22. The van der Waals surface area contributed by atoms with E-state index in [2.05, 4.69) is 6.92 Å². The molecule has 1 N–H and O–H groups in total. The molecule has 1 aromatic heterocycles. The highest BCUT2D eigenvalue weighted by atomic mass is 35.5. The van der Waals surface area contributed by atoms with E-state index in [9.17, 15) is 9.59 Å². The molecule has 1 aromatic carbocycles. The predicted molar refractivity (Wildman–Crippen MR) is 87.7 cm³/mol. The normalized spacial score (nSPS) is 15.3. The highest BCUT2D eigenvalue weighted by molar-refractivity contribution is 7.16. The maximum absolute atomic E-state index is 12.2. The Kier molecular flexibility index (Phi) is 4.29. The molecular weight excluding hydrogens is 320 g/mol. The molecular formula is C16H16ClN2O2S+. The first-order chi connectivity index (χ1) is 10.6. The maximum atomic E-state index is 12.2. The van der Waals surface area contributed by atoms with Crippen molar-refractivity contribution < 1.29 is 14.5 Å². The Morgan fingerprint density at radius 1 is 1.18 bits per heavy atom. The number of fused-ring (bicyclic) bond motifs is 1. The number of para-hydroxylation sites is 1. The number of nitrogens with zero attached hydrogens (tertiary/aromatic N) is 1. The van der Waals surface area contributed by atoms with Crippen LogP contribution >= 0.6 is 22.9 Å². The number of quaternary nitrogens is 1. The lowest BCUT2D eigenvalue weighted by Gasteiger charge is -2.23. The van der Waals surface area contributed by atoms with Gasteiger partial charge in [-0.2, -0.15) is 0 Å². The van der Waals surface area contributed by atoms with Crippen molar-refractivity contribution in [3.05, 3.63) is 51.2 Å². The van der Waals surface area contributed by atoms with Crippen molar-refractivity contribution in [2.45, 2.75) is 13.5 Å². The van der Waals surface area contributed by atoms with Crippen molar-refractivity contribution in [1.82, 2.24) is 0 Å². The van der Waals surface area contributed by atoms with Gasteiger partial charge in [0.05, 0.1) is 27.0 Å². The zero-order valence-corrected chi connectivity index (χ0v) is 13.7. The average molecular weight is 336 g/mol. The van der Waals surface area contributed by atoms with Gasteiger partial charge in [0.1, 0.15) is 6.54 Å². The van der Waals surface area contributed by atoms with Crippen LogP contribution in [0.4, 0.5) is 5.69 Å². The number of ketones is 1. The topological polar surface area (TPSA) is 41.8 Å². The van der Waals surface area contributed by atoms with Gasteiger partial charge in [0.15, 0.2) is 6.67 Å². The van der Waals surface area contributed by atoms with Gasteiger partial charge < -0.3 is 4.90 Å². The molecule has 0 fully saturated rings. The highest BCUT2D eigenvalue weighted by Gasteiger charge is 2.37. The summed E-state index contributed by atoms with van der Waals surface area (Å²) in [6.07, 6.45) is 0. The Labute approximate surface area is 137 Å². The van der Waals surface area contributed by atoms with Gasteiger partial charge in [-0.1, -0.05) is 23.7 Å². The number of hydrogen-bond donors (Lipinski definition) is 1. The molecule has 0 saturated heterocycles. The van der Waals surface area contributed by atoms with E-state index >= 15 is 0 Å². The molecule has 1 atom stereocenters. The fourth-order valence-electron chi connectivity index (χ4n) is 2.61. The van der Waals surface area contributed by atoms with E-state index in [1.165, 1.54) is 9.78 Å². The van der Waals surface area contributed by atoms with Crippen molar-refractivity contribution in [3.8, 4) is 0 Å². The molecule has 0 spiro atoms.